The second-order valence-corrected chi connectivity index (χ2v) is 7.43. The number of aromatic nitrogens is 1. The maximum absolute atomic E-state index is 12.5. The van der Waals surface area contributed by atoms with Gasteiger partial charge in [-0.05, 0) is 42.0 Å². The number of ether oxygens (including phenoxy) is 1. The molecule has 1 aromatic heterocycles. The van der Waals surface area contributed by atoms with E-state index in [0.717, 1.165) is 10.5 Å². The van der Waals surface area contributed by atoms with Crippen molar-refractivity contribution >= 4 is 40.9 Å². The fourth-order valence-corrected chi connectivity index (χ4v) is 3.64. The summed E-state index contributed by atoms with van der Waals surface area (Å²) in [6.45, 7) is -0.446. The molecule has 0 aliphatic heterocycles. The third-order valence-corrected chi connectivity index (χ3v) is 5.40. The molecular formula is C22H16ClN3O3S. The second-order valence-electron chi connectivity index (χ2n) is 6.06. The van der Waals surface area contributed by atoms with Crippen LogP contribution in [-0.2, 0) is 15.3 Å². The van der Waals surface area contributed by atoms with Crippen molar-refractivity contribution in [3.05, 3.63) is 88.7 Å². The number of hydrogen-bond acceptors (Lipinski definition) is 6. The van der Waals surface area contributed by atoms with E-state index < -0.39 is 18.5 Å². The average Bonchev–Trinajstić information content (AvgIpc) is 2.78. The van der Waals surface area contributed by atoms with E-state index in [0.29, 0.717) is 22.6 Å². The van der Waals surface area contributed by atoms with Gasteiger partial charge in [-0.3, -0.25) is 4.79 Å². The van der Waals surface area contributed by atoms with Crippen LogP contribution >= 0.6 is 23.4 Å². The molecule has 30 heavy (non-hydrogen) atoms. The minimum atomic E-state index is -0.592. The Morgan fingerprint density at radius 1 is 1.10 bits per heavy atom. The van der Waals surface area contributed by atoms with Crippen molar-refractivity contribution in [3.8, 4) is 6.07 Å². The number of esters is 1. The van der Waals surface area contributed by atoms with E-state index in [1.54, 1.807) is 36.4 Å². The van der Waals surface area contributed by atoms with Gasteiger partial charge in [-0.25, -0.2) is 9.78 Å². The molecule has 0 unspecified atom stereocenters. The fraction of sp³-hybridized carbons (Fsp3) is 0.0909. The van der Waals surface area contributed by atoms with Crippen LogP contribution in [0.4, 0.5) is 5.69 Å². The van der Waals surface area contributed by atoms with Crippen LogP contribution in [0.1, 0.15) is 21.5 Å². The number of thioether (sulfide) groups is 1. The summed E-state index contributed by atoms with van der Waals surface area (Å²) >= 11 is 7.37. The van der Waals surface area contributed by atoms with Crippen LogP contribution in [0.5, 0.6) is 0 Å². The summed E-state index contributed by atoms with van der Waals surface area (Å²) in [5.74, 6) is -0.484. The molecule has 3 aromatic rings. The summed E-state index contributed by atoms with van der Waals surface area (Å²) in [7, 11) is 0. The fourth-order valence-electron chi connectivity index (χ4n) is 2.47. The first-order chi connectivity index (χ1) is 14.6. The van der Waals surface area contributed by atoms with E-state index in [1.165, 1.54) is 18.0 Å². The molecule has 0 fully saturated rings. The smallest absolute Gasteiger partial charge is 0.339 e. The summed E-state index contributed by atoms with van der Waals surface area (Å²) in [4.78, 5) is 29.1. The summed E-state index contributed by atoms with van der Waals surface area (Å²) in [6, 6.07) is 19.6. The minimum Gasteiger partial charge on any atom is -0.452 e. The van der Waals surface area contributed by atoms with Crippen LogP contribution in [0.25, 0.3) is 0 Å². The van der Waals surface area contributed by atoms with Gasteiger partial charge in [-0.2, -0.15) is 5.26 Å². The van der Waals surface area contributed by atoms with Crippen LogP contribution in [0.3, 0.4) is 0 Å². The van der Waals surface area contributed by atoms with E-state index >= 15 is 0 Å². The number of carbonyl (C=O) groups is 2. The molecule has 2 aromatic carbocycles. The Kier molecular flexibility index (Phi) is 7.44. The molecule has 0 saturated heterocycles. The SMILES string of the molecule is N#Cc1ccc(CSc2ccccc2C(=O)OCC(=O)Nc2cccnc2Cl)cc1. The molecule has 1 amide bonds. The van der Waals surface area contributed by atoms with Gasteiger partial charge in [0.15, 0.2) is 11.8 Å². The van der Waals surface area contributed by atoms with Crippen molar-refractivity contribution in [1.29, 1.82) is 5.26 Å². The molecule has 3 rings (SSSR count). The van der Waals surface area contributed by atoms with E-state index in [9.17, 15) is 9.59 Å². The zero-order valence-electron chi connectivity index (χ0n) is 15.7. The van der Waals surface area contributed by atoms with E-state index in [2.05, 4.69) is 16.4 Å². The Balaban J connectivity index is 1.58. The first kappa shape index (κ1) is 21.4. The standard InChI is InChI=1S/C22H16ClN3O3S/c23-21-18(5-3-11-25-21)26-20(27)13-29-22(28)17-4-1-2-6-19(17)30-14-16-9-7-15(12-24)8-10-16/h1-11H,13-14H2,(H,26,27). The van der Waals surface area contributed by atoms with Crippen molar-refractivity contribution in [2.75, 3.05) is 11.9 Å². The number of pyridine rings is 1. The lowest BCUT2D eigenvalue weighted by molar-refractivity contribution is -0.119. The van der Waals surface area contributed by atoms with E-state index in [1.807, 2.05) is 24.3 Å². The number of carbonyl (C=O) groups excluding carboxylic acids is 2. The molecule has 0 atom stereocenters. The number of rotatable bonds is 7. The van der Waals surface area contributed by atoms with Crippen LogP contribution in [-0.4, -0.2) is 23.5 Å². The van der Waals surface area contributed by atoms with Gasteiger partial charge in [0, 0.05) is 16.8 Å². The average molecular weight is 438 g/mol. The Hall–Kier alpha value is -3.34. The zero-order valence-corrected chi connectivity index (χ0v) is 17.2. The predicted octanol–water partition coefficient (Wildman–Crippen LogP) is 4.69. The Bertz CT molecular complexity index is 1100. The van der Waals surface area contributed by atoms with Gasteiger partial charge in [0.25, 0.3) is 5.91 Å². The summed E-state index contributed by atoms with van der Waals surface area (Å²) in [5, 5.41) is 11.6. The zero-order chi connectivity index (χ0) is 21.3. The van der Waals surface area contributed by atoms with Gasteiger partial charge in [-0.15, -0.1) is 11.8 Å². The number of nitriles is 1. The van der Waals surface area contributed by atoms with Gasteiger partial charge in [0.2, 0.25) is 0 Å². The van der Waals surface area contributed by atoms with Crippen molar-refractivity contribution in [2.24, 2.45) is 0 Å². The molecule has 0 radical (unpaired) electrons. The van der Waals surface area contributed by atoms with Gasteiger partial charge in [0.1, 0.15) is 0 Å². The Morgan fingerprint density at radius 3 is 2.60 bits per heavy atom. The van der Waals surface area contributed by atoms with Gasteiger partial charge >= 0.3 is 5.97 Å². The van der Waals surface area contributed by atoms with Crippen LogP contribution in [0.15, 0.2) is 71.8 Å². The number of halogens is 1. The topological polar surface area (TPSA) is 92.1 Å². The molecule has 0 saturated carbocycles. The van der Waals surface area contributed by atoms with E-state index in [-0.39, 0.29) is 5.15 Å². The highest BCUT2D eigenvalue weighted by Gasteiger charge is 2.15. The molecule has 0 bridgehead atoms. The highest BCUT2D eigenvalue weighted by atomic mass is 35.5. The minimum absolute atomic E-state index is 0.154. The molecular weight excluding hydrogens is 422 g/mol. The number of nitrogens with zero attached hydrogens (tertiary/aromatic N) is 2. The van der Waals surface area contributed by atoms with Crippen molar-refractivity contribution in [3.63, 3.8) is 0 Å². The van der Waals surface area contributed by atoms with Gasteiger partial charge in [0.05, 0.1) is 22.9 Å². The van der Waals surface area contributed by atoms with Gasteiger partial charge < -0.3 is 10.1 Å². The Labute approximate surface area is 182 Å². The molecule has 0 aliphatic carbocycles. The molecule has 0 spiro atoms. The Morgan fingerprint density at radius 2 is 1.87 bits per heavy atom. The summed E-state index contributed by atoms with van der Waals surface area (Å²) in [6.07, 6.45) is 1.50. The highest BCUT2D eigenvalue weighted by Crippen LogP contribution is 2.27. The first-order valence-corrected chi connectivity index (χ1v) is 10.2. The number of anilines is 1. The largest absolute Gasteiger partial charge is 0.452 e. The van der Waals surface area contributed by atoms with Crippen LogP contribution in [0.2, 0.25) is 5.15 Å². The normalized spacial score (nSPS) is 10.1. The number of benzene rings is 2. The van der Waals surface area contributed by atoms with Crippen LogP contribution in [0, 0.1) is 11.3 Å². The van der Waals surface area contributed by atoms with Crippen LogP contribution < -0.4 is 5.32 Å². The predicted molar refractivity (Wildman–Crippen MR) is 115 cm³/mol. The second kappa shape index (κ2) is 10.4. The maximum atomic E-state index is 12.5. The molecule has 0 aliphatic rings. The van der Waals surface area contributed by atoms with E-state index in [4.69, 9.17) is 21.6 Å². The number of hydrogen-bond donors (Lipinski definition) is 1. The van der Waals surface area contributed by atoms with Crippen molar-refractivity contribution in [1.82, 2.24) is 4.98 Å². The molecule has 1 N–H and O–H groups in total. The lowest BCUT2D eigenvalue weighted by Gasteiger charge is -2.10. The lowest BCUT2D eigenvalue weighted by atomic mass is 10.2. The number of amides is 1. The van der Waals surface area contributed by atoms with Crippen molar-refractivity contribution in [2.45, 2.75) is 10.6 Å². The van der Waals surface area contributed by atoms with Gasteiger partial charge in [-0.1, -0.05) is 35.9 Å². The third-order valence-electron chi connectivity index (χ3n) is 3.95. The van der Waals surface area contributed by atoms with Crippen molar-refractivity contribution < 1.29 is 14.3 Å². The summed E-state index contributed by atoms with van der Waals surface area (Å²) < 4.78 is 5.16. The molecule has 1 heterocycles. The number of nitrogens with one attached hydrogen (secondary N) is 1. The third kappa shape index (κ3) is 5.83. The lowest BCUT2D eigenvalue weighted by Crippen LogP contribution is -2.21. The first-order valence-electron chi connectivity index (χ1n) is 8.85. The molecule has 6 nitrogen and oxygen atoms in total. The highest BCUT2D eigenvalue weighted by molar-refractivity contribution is 7.98. The molecule has 150 valence electrons. The molecule has 8 heteroatoms. The quantitative estimate of drug-likeness (QED) is 0.327. The summed E-state index contributed by atoms with van der Waals surface area (Å²) in [5.41, 5.74) is 2.34. The monoisotopic (exact) mass is 437 g/mol. The maximum Gasteiger partial charge on any atom is 0.339 e.